The van der Waals surface area contributed by atoms with Crippen LogP contribution in [0.4, 0.5) is 0 Å². The molecule has 0 bridgehead atoms. The van der Waals surface area contributed by atoms with Crippen LogP contribution >= 0.6 is 0 Å². The van der Waals surface area contributed by atoms with E-state index in [1.165, 1.54) is 99.3 Å². The molecule has 11 rings (SSSR count). The Morgan fingerprint density at radius 1 is 0.457 bits per heavy atom. The molecule has 1 nitrogen and oxygen atoms in total. The Balaban J connectivity index is 1.21. The van der Waals surface area contributed by atoms with Crippen LogP contribution in [-0.4, -0.2) is 4.40 Å². The third-order valence-corrected chi connectivity index (χ3v) is 10.9. The summed E-state index contributed by atoms with van der Waals surface area (Å²) in [4.78, 5) is 0. The first kappa shape index (κ1) is 24.6. The van der Waals surface area contributed by atoms with Crippen LogP contribution in [0.25, 0.3) is 82.6 Å². The number of aromatic nitrogens is 1. The summed E-state index contributed by atoms with van der Waals surface area (Å²) in [7, 11) is 0. The van der Waals surface area contributed by atoms with E-state index in [4.69, 9.17) is 0 Å². The number of hydrogen-bond acceptors (Lipinski definition) is 0. The highest BCUT2D eigenvalue weighted by Crippen LogP contribution is 2.56. The largest absolute Gasteiger partial charge is 0.308 e. The Morgan fingerprint density at radius 2 is 1.20 bits per heavy atom. The van der Waals surface area contributed by atoms with E-state index >= 15 is 0 Å². The Kier molecular flexibility index (Phi) is 4.80. The second-order valence-corrected chi connectivity index (χ2v) is 13.2. The zero-order valence-electron chi connectivity index (χ0n) is 25.3. The molecule has 1 unspecified atom stereocenters. The van der Waals surface area contributed by atoms with E-state index in [1.807, 2.05) is 0 Å². The maximum atomic E-state index is 2.48. The van der Waals surface area contributed by atoms with Crippen molar-refractivity contribution in [1.29, 1.82) is 0 Å². The Hall–Kier alpha value is -5.66. The van der Waals surface area contributed by atoms with Gasteiger partial charge in [-0.1, -0.05) is 121 Å². The van der Waals surface area contributed by atoms with E-state index in [-0.39, 0.29) is 0 Å². The number of rotatable bonds is 2. The molecule has 2 heterocycles. The maximum absolute atomic E-state index is 2.48. The summed E-state index contributed by atoms with van der Waals surface area (Å²) >= 11 is 0. The van der Waals surface area contributed by atoms with Crippen molar-refractivity contribution < 1.29 is 0 Å². The van der Waals surface area contributed by atoms with E-state index in [2.05, 4.69) is 150 Å². The minimum Gasteiger partial charge on any atom is -0.308 e. The monoisotopic (exact) mass is 583 g/mol. The summed E-state index contributed by atoms with van der Waals surface area (Å²) in [5.41, 5.74) is 19.2. The Labute approximate surface area is 267 Å². The third-order valence-electron chi connectivity index (χ3n) is 10.9. The lowest BCUT2D eigenvalue weighted by Gasteiger charge is -2.17. The fourth-order valence-corrected chi connectivity index (χ4v) is 8.99. The van der Waals surface area contributed by atoms with Crippen LogP contribution in [0.3, 0.4) is 0 Å². The number of aryl methyl sites for hydroxylation is 1. The minimum absolute atomic E-state index is 0.396. The van der Waals surface area contributed by atoms with E-state index in [1.54, 1.807) is 0 Å². The topological polar surface area (TPSA) is 4.41 Å². The zero-order valence-corrected chi connectivity index (χ0v) is 25.3. The molecule has 0 saturated carbocycles. The lowest BCUT2D eigenvalue weighted by Crippen LogP contribution is -1.97. The van der Waals surface area contributed by atoms with Crippen molar-refractivity contribution in [2.45, 2.75) is 18.8 Å². The summed E-state index contributed by atoms with van der Waals surface area (Å²) in [6.45, 7) is 0. The molecule has 0 fully saturated rings. The van der Waals surface area contributed by atoms with Gasteiger partial charge >= 0.3 is 0 Å². The molecule has 2 aliphatic carbocycles. The SMILES string of the molecule is c1ccc(-c2ccc3c(c2)-c2c(-c4ccc5c(c4)c4cccc6c7ccccc7n5c64)ccc4c2C3CCc2ccccc2-4)cc1. The number of nitrogens with zero attached hydrogens (tertiary/aromatic N) is 1. The van der Waals surface area contributed by atoms with Gasteiger partial charge in [0.1, 0.15) is 0 Å². The van der Waals surface area contributed by atoms with Gasteiger partial charge in [0, 0.05) is 27.5 Å². The third kappa shape index (κ3) is 3.15. The second kappa shape index (κ2) is 8.96. The summed E-state index contributed by atoms with van der Waals surface area (Å²) < 4.78 is 2.48. The van der Waals surface area contributed by atoms with Crippen LogP contribution in [-0.2, 0) is 6.42 Å². The van der Waals surface area contributed by atoms with Gasteiger partial charge in [-0.25, -0.2) is 0 Å². The molecule has 0 N–H and O–H groups in total. The highest BCUT2D eigenvalue weighted by Gasteiger charge is 2.35. The normalized spacial score (nSPS) is 15.0. The van der Waals surface area contributed by atoms with Crippen LogP contribution in [0.2, 0.25) is 0 Å². The predicted molar refractivity (Wildman–Crippen MR) is 193 cm³/mol. The van der Waals surface area contributed by atoms with E-state index in [9.17, 15) is 0 Å². The van der Waals surface area contributed by atoms with Gasteiger partial charge in [0.2, 0.25) is 0 Å². The van der Waals surface area contributed by atoms with Crippen molar-refractivity contribution in [2.75, 3.05) is 0 Å². The van der Waals surface area contributed by atoms with Crippen molar-refractivity contribution in [3.8, 4) is 44.5 Å². The average molecular weight is 584 g/mol. The minimum atomic E-state index is 0.396. The molecule has 9 aromatic rings. The van der Waals surface area contributed by atoms with Gasteiger partial charge in [0.15, 0.2) is 0 Å². The Bertz CT molecular complexity index is 2690. The highest BCUT2D eigenvalue weighted by atomic mass is 14.9. The van der Waals surface area contributed by atoms with Crippen molar-refractivity contribution in [1.82, 2.24) is 4.40 Å². The van der Waals surface area contributed by atoms with Gasteiger partial charge in [-0.2, -0.15) is 0 Å². The molecule has 1 heteroatoms. The molecule has 2 aromatic heterocycles. The number of fused-ring (bicyclic) bond motifs is 11. The maximum Gasteiger partial charge on any atom is 0.0620 e. The average Bonchev–Trinajstić information content (AvgIpc) is 3.71. The molecule has 0 aliphatic heterocycles. The van der Waals surface area contributed by atoms with E-state index in [0.717, 1.165) is 12.8 Å². The molecule has 46 heavy (non-hydrogen) atoms. The molecule has 0 saturated heterocycles. The number of benzene rings is 7. The second-order valence-electron chi connectivity index (χ2n) is 13.2. The lowest BCUT2D eigenvalue weighted by molar-refractivity contribution is 0.740. The van der Waals surface area contributed by atoms with Crippen molar-refractivity contribution in [3.05, 3.63) is 162 Å². The van der Waals surface area contributed by atoms with Gasteiger partial charge in [-0.15, -0.1) is 0 Å². The van der Waals surface area contributed by atoms with Crippen molar-refractivity contribution in [2.24, 2.45) is 0 Å². The molecule has 0 radical (unpaired) electrons. The zero-order chi connectivity index (χ0) is 29.9. The highest BCUT2D eigenvalue weighted by molar-refractivity contribution is 6.23. The molecule has 0 spiro atoms. The quantitative estimate of drug-likeness (QED) is 0.191. The fraction of sp³-hybridized carbons (Fsp3) is 0.0667. The molecule has 1 atom stereocenters. The molecular formula is C45H29N. The van der Waals surface area contributed by atoms with Crippen molar-refractivity contribution >= 4 is 38.1 Å². The first-order chi connectivity index (χ1) is 22.8. The molecule has 0 amide bonds. The number of para-hydroxylation sites is 2. The van der Waals surface area contributed by atoms with Gasteiger partial charge in [0.05, 0.1) is 16.6 Å². The van der Waals surface area contributed by atoms with Gasteiger partial charge < -0.3 is 4.40 Å². The van der Waals surface area contributed by atoms with Crippen LogP contribution in [0.5, 0.6) is 0 Å². The van der Waals surface area contributed by atoms with Crippen LogP contribution in [0.1, 0.15) is 29.0 Å². The summed E-state index contributed by atoms with van der Waals surface area (Å²) in [6.07, 6.45) is 2.23. The van der Waals surface area contributed by atoms with Crippen LogP contribution in [0, 0.1) is 0 Å². The number of hydrogen-bond donors (Lipinski definition) is 0. The van der Waals surface area contributed by atoms with Crippen LogP contribution in [0.15, 0.2) is 146 Å². The van der Waals surface area contributed by atoms with Gasteiger partial charge in [0.25, 0.3) is 0 Å². The molecular weight excluding hydrogens is 555 g/mol. The molecule has 7 aromatic carbocycles. The fourth-order valence-electron chi connectivity index (χ4n) is 8.99. The first-order valence-corrected chi connectivity index (χ1v) is 16.5. The Morgan fingerprint density at radius 3 is 2.13 bits per heavy atom. The smallest absolute Gasteiger partial charge is 0.0620 e. The lowest BCUT2D eigenvalue weighted by atomic mass is 9.86. The van der Waals surface area contributed by atoms with Crippen LogP contribution < -0.4 is 0 Å². The van der Waals surface area contributed by atoms with E-state index in [0.29, 0.717) is 5.92 Å². The first-order valence-electron chi connectivity index (χ1n) is 16.5. The van der Waals surface area contributed by atoms with Crippen molar-refractivity contribution in [3.63, 3.8) is 0 Å². The van der Waals surface area contributed by atoms with E-state index < -0.39 is 0 Å². The summed E-state index contributed by atoms with van der Waals surface area (Å²) in [6, 6.07) is 54.8. The van der Waals surface area contributed by atoms with Gasteiger partial charge in [-0.05, 0) is 98.3 Å². The summed E-state index contributed by atoms with van der Waals surface area (Å²) in [5.74, 6) is 0.396. The standard InChI is InChI=1S/C45H29N/c1-2-9-27(10-3-1)29-18-20-33-36-21-17-28-11-4-5-12-31(28)35-23-22-32(43(44(35)36)40(33)25-29)30-19-24-42-39(26-30)38-15-8-14-37-34-13-6-7-16-41(34)46(42)45(37)38/h1-16,18-20,22-26,36H,17,21H2. The molecule has 2 aliphatic rings. The predicted octanol–water partition coefficient (Wildman–Crippen LogP) is 11.9. The summed E-state index contributed by atoms with van der Waals surface area (Å²) in [5, 5.41) is 5.31. The molecule has 214 valence electrons. The van der Waals surface area contributed by atoms with Gasteiger partial charge in [-0.3, -0.25) is 0 Å².